The summed E-state index contributed by atoms with van der Waals surface area (Å²) < 4.78 is 7.21. The zero-order valence-electron chi connectivity index (χ0n) is 17.7. The molecule has 158 valence electrons. The fraction of sp³-hybridized carbons (Fsp3) is 0.167. The van der Waals surface area contributed by atoms with E-state index in [2.05, 4.69) is 16.4 Å². The highest BCUT2D eigenvalue weighted by Crippen LogP contribution is 2.35. The van der Waals surface area contributed by atoms with E-state index in [0.29, 0.717) is 13.0 Å². The maximum Gasteiger partial charge on any atom is 0.156 e. The number of aryl methyl sites for hydroxylation is 1. The molecule has 32 heavy (non-hydrogen) atoms. The number of nitrogens with one attached hydrogen (secondary N) is 1. The summed E-state index contributed by atoms with van der Waals surface area (Å²) >= 11 is 1.54. The quantitative estimate of drug-likeness (QED) is 0.403. The van der Waals surface area contributed by atoms with Gasteiger partial charge in [-0.2, -0.15) is 5.26 Å². The summed E-state index contributed by atoms with van der Waals surface area (Å²) in [6.07, 6.45) is 2.17. The number of nitrogens with zero attached hydrogens (tertiary/aromatic N) is 5. The van der Waals surface area contributed by atoms with Crippen molar-refractivity contribution in [1.82, 2.24) is 19.5 Å². The minimum atomic E-state index is 0.377. The Bertz CT molecular complexity index is 1460. The number of anilines is 1. The summed E-state index contributed by atoms with van der Waals surface area (Å²) in [5.74, 6) is 1.56. The molecule has 5 aromatic rings. The number of imidazole rings is 1. The molecule has 0 aliphatic carbocycles. The number of pyridine rings is 1. The standard InChI is InChI=1S/C24H20N6OS/c1-30-14-27-19-21(30)20-24(29-22(19)26-13-16-6-8-18(31-2)9-7-16)32-23(28-20)17-5-3-4-15(12-17)10-11-25/h3-9,12,14H,10,13H2,1-2H3,(H,26,29). The van der Waals surface area contributed by atoms with Gasteiger partial charge in [0.05, 0.1) is 25.9 Å². The highest BCUT2D eigenvalue weighted by atomic mass is 32.1. The Morgan fingerprint density at radius 1 is 1.09 bits per heavy atom. The van der Waals surface area contributed by atoms with E-state index < -0.39 is 0 Å². The number of thiazole rings is 1. The van der Waals surface area contributed by atoms with Crippen molar-refractivity contribution < 1.29 is 4.74 Å². The molecule has 0 aliphatic rings. The van der Waals surface area contributed by atoms with Gasteiger partial charge >= 0.3 is 0 Å². The van der Waals surface area contributed by atoms with Crippen molar-refractivity contribution in [1.29, 1.82) is 5.26 Å². The third-order valence-corrected chi connectivity index (χ3v) is 6.28. The number of methoxy groups -OCH3 is 1. The first-order valence-electron chi connectivity index (χ1n) is 10.1. The average molecular weight is 441 g/mol. The van der Waals surface area contributed by atoms with Gasteiger partial charge in [-0.05, 0) is 29.3 Å². The van der Waals surface area contributed by atoms with Crippen molar-refractivity contribution in [2.24, 2.45) is 7.05 Å². The average Bonchev–Trinajstić information content (AvgIpc) is 3.42. The highest BCUT2D eigenvalue weighted by Gasteiger charge is 2.17. The molecule has 3 aromatic heterocycles. The zero-order chi connectivity index (χ0) is 22.1. The molecule has 3 heterocycles. The number of aromatic nitrogens is 4. The number of hydrogen-bond acceptors (Lipinski definition) is 7. The lowest BCUT2D eigenvalue weighted by Gasteiger charge is -2.08. The van der Waals surface area contributed by atoms with Gasteiger partial charge in [-0.1, -0.05) is 41.7 Å². The molecular formula is C24H20N6OS. The van der Waals surface area contributed by atoms with Gasteiger partial charge in [-0.25, -0.2) is 15.0 Å². The Morgan fingerprint density at radius 3 is 2.72 bits per heavy atom. The summed E-state index contributed by atoms with van der Waals surface area (Å²) in [5.41, 5.74) is 5.66. The van der Waals surface area contributed by atoms with E-state index in [-0.39, 0.29) is 0 Å². The number of fused-ring (bicyclic) bond motifs is 3. The molecule has 0 aliphatic heterocycles. The zero-order valence-corrected chi connectivity index (χ0v) is 18.5. The Hall–Kier alpha value is -3.96. The molecule has 0 saturated heterocycles. The number of hydrogen-bond donors (Lipinski definition) is 1. The number of nitriles is 1. The van der Waals surface area contributed by atoms with Crippen LogP contribution in [0.25, 0.3) is 32.0 Å². The fourth-order valence-electron chi connectivity index (χ4n) is 3.66. The number of benzene rings is 2. The fourth-order valence-corrected chi connectivity index (χ4v) is 4.60. The Balaban J connectivity index is 1.54. The predicted molar refractivity (Wildman–Crippen MR) is 127 cm³/mol. The Kier molecular flexibility index (Phi) is 5.17. The van der Waals surface area contributed by atoms with E-state index in [1.165, 1.54) is 0 Å². The van der Waals surface area contributed by atoms with E-state index in [9.17, 15) is 0 Å². The van der Waals surface area contributed by atoms with Crippen LogP contribution in [0.3, 0.4) is 0 Å². The van der Waals surface area contributed by atoms with E-state index >= 15 is 0 Å². The first-order valence-corrected chi connectivity index (χ1v) is 10.9. The maximum atomic E-state index is 9.01. The minimum Gasteiger partial charge on any atom is -0.497 e. The molecule has 0 amide bonds. The van der Waals surface area contributed by atoms with Gasteiger partial charge in [0, 0.05) is 19.2 Å². The largest absolute Gasteiger partial charge is 0.497 e. The lowest BCUT2D eigenvalue weighted by Crippen LogP contribution is -2.02. The molecule has 0 atom stereocenters. The molecule has 8 heteroatoms. The Morgan fingerprint density at radius 2 is 1.94 bits per heavy atom. The maximum absolute atomic E-state index is 9.01. The molecule has 2 aromatic carbocycles. The topological polar surface area (TPSA) is 88.7 Å². The van der Waals surface area contributed by atoms with E-state index in [4.69, 9.17) is 20.0 Å². The van der Waals surface area contributed by atoms with Crippen LogP contribution >= 0.6 is 11.3 Å². The second-order valence-electron chi connectivity index (χ2n) is 7.42. The van der Waals surface area contributed by atoms with Gasteiger partial charge in [0.15, 0.2) is 5.82 Å². The van der Waals surface area contributed by atoms with Gasteiger partial charge in [-0.3, -0.25) is 0 Å². The SMILES string of the molecule is COc1ccc(CNc2nc3sc(-c4cccc(CC#N)c4)nc3c3c2ncn3C)cc1. The van der Waals surface area contributed by atoms with E-state index in [0.717, 1.165) is 54.6 Å². The van der Waals surface area contributed by atoms with Crippen LogP contribution in [0, 0.1) is 11.3 Å². The van der Waals surface area contributed by atoms with Crippen molar-refractivity contribution in [3.63, 3.8) is 0 Å². The van der Waals surface area contributed by atoms with Crippen LogP contribution in [-0.4, -0.2) is 26.6 Å². The van der Waals surface area contributed by atoms with Crippen LogP contribution in [0.2, 0.25) is 0 Å². The van der Waals surface area contributed by atoms with E-state index in [1.54, 1.807) is 24.8 Å². The summed E-state index contributed by atoms with van der Waals surface area (Å²) in [6, 6.07) is 18.1. The van der Waals surface area contributed by atoms with Crippen LogP contribution in [0.5, 0.6) is 5.75 Å². The van der Waals surface area contributed by atoms with Crippen LogP contribution in [0.4, 0.5) is 5.82 Å². The van der Waals surface area contributed by atoms with Gasteiger partial charge < -0.3 is 14.6 Å². The van der Waals surface area contributed by atoms with Gasteiger partial charge in [0.2, 0.25) is 0 Å². The third-order valence-electron chi connectivity index (χ3n) is 5.28. The van der Waals surface area contributed by atoms with Crippen molar-refractivity contribution in [2.75, 3.05) is 12.4 Å². The highest BCUT2D eigenvalue weighted by molar-refractivity contribution is 7.21. The molecule has 0 bridgehead atoms. The Labute approximate surface area is 189 Å². The number of rotatable bonds is 6. The second kappa shape index (κ2) is 8.29. The minimum absolute atomic E-state index is 0.377. The molecule has 0 radical (unpaired) electrons. The first-order chi connectivity index (χ1) is 15.7. The predicted octanol–water partition coefficient (Wildman–Crippen LogP) is 4.93. The normalized spacial score (nSPS) is 11.0. The third kappa shape index (κ3) is 3.63. The lowest BCUT2D eigenvalue weighted by atomic mass is 10.1. The molecule has 0 spiro atoms. The van der Waals surface area contributed by atoms with Gasteiger partial charge in [-0.15, -0.1) is 0 Å². The van der Waals surface area contributed by atoms with Crippen LogP contribution < -0.4 is 10.1 Å². The van der Waals surface area contributed by atoms with Crippen LogP contribution in [0.1, 0.15) is 11.1 Å². The summed E-state index contributed by atoms with van der Waals surface area (Å²) in [5, 5.41) is 13.3. The molecule has 0 saturated carbocycles. The lowest BCUT2D eigenvalue weighted by molar-refractivity contribution is 0.414. The molecular weight excluding hydrogens is 420 g/mol. The second-order valence-corrected chi connectivity index (χ2v) is 8.40. The number of ether oxygens (including phenoxy) is 1. The summed E-state index contributed by atoms with van der Waals surface area (Å²) in [7, 11) is 3.63. The van der Waals surface area contributed by atoms with Crippen LogP contribution in [0.15, 0.2) is 54.9 Å². The van der Waals surface area contributed by atoms with Crippen molar-refractivity contribution in [3.8, 4) is 22.4 Å². The first kappa shape index (κ1) is 20.0. The molecule has 0 unspecified atom stereocenters. The summed E-state index contributed by atoms with van der Waals surface area (Å²) in [6.45, 7) is 0.621. The molecule has 1 N–H and O–H groups in total. The molecule has 7 nitrogen and oxygen atoms in total. The van der Waals surface area contributed by atoms with Gasteiger partial charge in [0.1, 0.15) is 32.1 Å². The van der Waals surface area contributed by atoms with E-state index in [1.807, 2.05) is 60.1 Å². The van der Waals surface area contributed by atoms with Crippen molar-refractivity contribution in [2.45, 2.75) is 13.0 Å². The van der Waals surface area contributed by atoms with Crippen molar-refractivity contribution >= 4 is 38.5 Å². The van der Waals surface area contributed by atoms with Crippen molar-refractivity contribution in [3.05, 3.63) is 66.0 Å². The summed E-state index contributed by atoms with van der Waals surface area (Å²) in [4.78, 5) is 15.2. The molecule has 5 rings (SSSR count). The monoisotopic (exact) mass is 440 g/mol. The van der Waals surface area contributed by atoms with Crippen LogP contribution in [-0.2, 0) is 20.0 Å². The smallest absolute Gasteiger partial charge is 0.156 e. The molecule has 0 fully saturated rings. The van der Waals surface area contributed by atoms with Gasteiger partial charge in [0.25, 0.3) is 0 Å².